The predicted octanol–water partition coefficient (Wildman–Crippen LogP) is -0.379. The molecule has 0 fully saturated rings. The minimum absolute atomic E-state index is 0.211. The molecule has 1 amide bonds. The van der Waals surface area contributed by atoms with Crippen LogP contribution in [0.1, 0.15) is 6.42 Å². The maximum absolute atomic E-state index is 10.5. The van der Waals surface area contributed by atoms with Gasteiger partial charge in [-0.2, -0.15) is 12.6 Å². The van der Waals surface area contributed by atoms with E-state index in [0.29, 0.717) is 5.75 Å². The van der Waals surface area contributed by atoms with Crippen LogP contribution >= 0.6 is 12.6 Å². The first kappa shape index (κ1) is 8.49. The Morgan fingerprint density at radius 1 is 1.56 bits per heavy atom. The van der Waals surface area contributed by atoms with E-state index in [0.717, 1.165) is 0 Å². The number of carbonyl (C=O) groups is 2. The standard InChI is InChI=1S/C5H9NO2S/c1-6-5(8)4(7)2-3-9/h9H,2-3H2,1H3,(H,6,8). The zero-order valence-corrected chi connectivity index (χ0v) is 6.07. The highest BCUT2D eigenvalue weighted by atomic mass is 32.1. The third-order valence-corrected chi connectivity index (χ3v) is 1.04. The predicted molar refractivity (Wildman–Crippen MR) is 37.5 cm³/mol. The topological polar surface area (TPSA) is 46.2 Å². The van der Waals surface area contributed by atoms with Gasteiger partial charge >= 0.3 is 0 Å². The summed E-state index contributed by atoms with van der Waals surface area (Å²) in [6.07, 6.45) is 0.211. The molecule has 9 heavy (non-hydrogen) atoms. The van der Waals surface area contributed by atoms with E-state index in [1.54, 1.807) is 0 Å². The van der Waals surface area contributed by atoms with Gasteiger partial charge in [0, 0.05) is 13.5 Å². The number of rotatable bonds is 3. The molecule has 0 rings (SSSR count). The maximum atomic E-state index is 10.5. The van der Waals surface area contributed by atoms with Crippen LogP contribution < -0.4 is 5.32 Å². The molecule has 1 N–H and O–H groups in total. The summed E-state index contributed by atoms with van der Waals surface area (Å²) in [6.45, 7) is 0. The molecule has 0 heterocycles. The minimum atomic E-state index is -0.538. The van der Waals surface area contributed by atoms with E-state index in [1.807, 2.05) is 0 Å². The van der Waals surface area contributed by atoms with Gasteiger partial charge in [0.1, 0.15) is 0 Å². The fraction of sp³-hybridized carbons (Fsp3) is 0.600. The average Bonchev–Trinajstić information content (AvgIpc) is 1.87. The van der Waals surface area contributed by atoms with Crippen LogP contribution in [0.3, 0.4) is 0 Å². The lowest BCUT2D eigenvalue weighted by molar-refractivity contribution is -0.137. The Bertz CT molecular complexity index is 124. The van der Waals surface area contributed by atoms with Crippen molar-refractivity contribution in [2.75, 3.05) is 12.8 Å². The van der Waals surface area contributed by atoms with Gasteiger partial charge in [0.05, 0.1) is 0 Å². The summed E-state index contributed by atoms with van der Waals surface area (Å²) in [5.41, 5.74) is 0. The smallest absolute Gasteiger partial charge is 0.287 e. The fourth-order valence-corrected chi connectivity index (χ4v) is 0.558. The lowest BCUT2D eigenvalue weighted by atomic mass is 10.3. The summed E-state index contributed by atoms with van der Waals surface area (Å²) >= 11 is 3.79. The summed E-state index contributed by atoms with van der Waals surface area (Å²) in [5, 5.41) is 2.23. The molecule has 0 atom stereocenters. The molecule has 0 aliphatic heterocycles. The zero-order valence-electron chi connectivity index (χ0n) is 5.18. The van der Waals surface area contributed by atoms with Crippen LogP contribution in [-0.4, -0.2) is 24.5 Å². The number of hydrogen-bond acceptors (Lipinski definition) is 3. The van der Waals surface area contributed by atoms with Crippen molar-refractivity contribution in [3.05, 3.63) is 0 Å². The van der Waals surface area contributed by atoms with Crippen LogP contribution in [0.25, 0.3) is 0 Å². The van der Waals surface area contributed by atoms with Crippen LogP contribution in [-0.2, 0) is 9.59 Å². The van der Waals surface area contributed by atoms with E-state index in [-0.39, 0.29) is 6.42 Å². The largest absolute Gasteiger partial charge is 0.353 e. The molecule has 0 saturated heterocycles. The van der Waals surface area contributed by atoms with Crippen molar-refractivity contribution >= 4 is 24.3 Å². The highest BCUT2D eigenvalue weighted by Crippen LogP contribution is 1.85. The Morgan fingerprint density at radius 2 is 2.11 bits per heavy atom. The minimum Gasteiger partial charge on any atom is -0.353 e. The Kier molecular flexibility index (Phi) is 4.13. The Balaban J connectivity index is 3.60. The lowest BCUT2D eigenvalue weighted by Gasteiger charge is -1.93. The molecular formula is C5H9NO2S. The average molecular weight is 147 g/mol. The van der Waals surface area contributed by atoms with E-state index in [4.69, 9.17) is 0 Å². The summed E-state index contributed by atoms with van der Waals surface area (Å²) in [4.78, 5) is 20.9. The second-order valence-electron chi connectivity index (χ2n) is 1.48. The molecule has 0 bridgehead atoms. The molecule has 0 aliphatic carbocycles. The molecule has 0 aromatic rings. The quantitative estimate of drug-likeness (QED) is 0.422. The van der Waals surface area contributed by atoms with Gasteiger partial charge in [0.15, 0.2) is 0 Å². The Morgan fingerprint density at radius 3 is 2.44 bits per heavy atom. The first-order valence-corrected chi connectivity index (χ1v) is 3.21. The van der Waals surface area contributed by atoms with Crippen LogP contribution in [0.15, 0.2) is 0 Å². The lowest BCUT2D eigenvalue weighted by Crippen LogP contribution is -2.27. The zero-order chi connectivity index (χ0) is 7.28. The van der Waals surface area contributed by atoms with Crippen molar-refractivity contribution in [1.29, 1.82) is 0 Å². The summed E-state index contributed by atoms with van der Waals surface area (Å²) < 4.78 is 0. The molecule has 0 saturated carbocycles. The van der Waals surface area contributed by atoms with Crippen LogP contribution in [0.5, 0.6) is 0 Å². The van der Waals surface area contributed by atoms with Gasteiger partial charge in [-0.05, 0) is 5.75 Å². The van der Waals surface area contributed by atoms with Crippen molar-refractivity contribution in [2.45, 2.75) is 6.42 Å². The second kappa shape index (κ2) is 4.38. The number of hydrogen-bond donors (Lipinski definition) is 2. The number of carbonyl (C=O) groups excluding carboxylic acids is 2. The Labute approximate surface area is 59.2 Å². The molecule has 0 aliphatic rings. The molecule has 4 heteroatoms. The van der Waals surface area contributed by atoms with Gasteiger partial charge in [-0.1, -0.05) is 0 Å². The monoisotopic (exact) mass is 147 g/mol. The third-order valence-electron chi connectivity index (χ3n) is 0.819. The van der Waals surface area contributed by atoms with Crippen molar-refractivity contribution in [3.8, 4) is 0 Å². The first-order valence-electron chi connectivity index (χ1n) is 2.58. The van der Waals surface area contributed by atoms with Crippen molar-refractivity contribution < 1.29 is 9.59 Å². The van der Waals surface area contributed by atoms with Gasteiger partial charge in [0.2, 0.25) is 5.78 Å². The van der Waals surface area contributed by atoms with Gasteiger partial charge < -0.3 is 5.32 Å². The summed E-state index contributed by atoms with van der Waals surface area (Å²) in [5.74, 6) is -0.525. The maximum Gasteiger partial charge on any atom is 0.287 e. The molecule has 0 aromatic heterocycles. The van der Waals surface area contributed by atoms with E-state index >= 15 is 0 Å². The highest BCUT2D eigenvalue weighted by molar-refractivity contribution is 7.80. The molecule has 3 nitrogen and oxygen atoms in total. The number of likely N-dealkylation sites (N-methyl/N-ethyl adjacent to an activating group) is 1. The third kappa shape index (κ3) is 3.13. The van der Waals surface area contributed by atoms with E-state index in [1.165, 1.54) is 7.05 Å². The molecule has 0 radical (unpaired) electrons. The summed E-state index contributed by atoms with van der Waals surface area (Å²) in [6, 6.07) is 0. The second-order valence-corrected chi connectivity index (χ2v) is 1.92. The number of amides is 1. The first-order chi connectivity index (χ1) is 4.22. The Hall–Kier alpha value is -0.510. The van der Waals surface area contributed by atoms with E-state index in [2.05, 4.69) is 17.9 Å². The van der Waals surface area contributed by atoms with Crippen LogP contribution in [0.2, 0.25) is 0 Å². The normalized spacial score (nSPS) is 8.67. The molecule has 0 spiro atoms. The van der Waals surface area contributed by atoms with Crippen LogP contribution in [0.4, 0.5) is 0 Å². The number of Topliss-reactive ketones (excluding diaryl/α,β-unsaturated/α-hetero) is 1. The highest BCUT2D eigenvalue weighted by Gasteiger charge is 2.08. The van der Waals surface area contributed by atoms with E-state index < -0.39 is 11.7 Å². The van der Waals surface area contributed by atoms with Gasteiger partial charge in [-0.15, -0.1) is 0 Å². The molecule has 0 aromatic carbocycles. The summed E-state index contributed by atoms with van der Waals surface area (Å²) in [7, 11) is 1.43. The van der Waals surface area contributed by atoms with Gasteiger partial charge in [-0.25, -0.2) is 0 Å². The van der Waals surface area contributed by atoms with Gasteiger partial charge in [0.25, 0.3) is 5.91 Å². The SMILES string of the molecule is CNC(=O)C(=O)CCS. The van der Waals surface area contributed by atoms with Gasteiger partial charge in [-0.3, -0.25) is 9.59 Å². The van der Waals surface area contributed by atoms with Crippen LogP contribution in [0, 0.1) is 0 Å². The van der Waals surface area contributed by atoms with Crippen molar-refractivity contribution in [3.63, 3.8) is 0 Å². The number of thiol groups is 1. The van der Waals surface area contributed by atoms with Crippen molar-refractivity contribution in [1.82, 2.24) is 5.32 Å². The number of nitrogens with one attached hydrogen (secondary N) is 1. The van der Waals surface area contributed by atoms with Crippen molar-refractivity contribution in [2.24, 2.45) is 0 Å². The molecule has 52 valence electrons. The number of ketones is 1. The molecule has 0 unspecified atom stereocenters. The fourth-order valence-electron chi connectivity index (χ4n) is 0.354. The van der Waals surface area contributed by atoms with E-state index in [9.17, 15) is 9.59 Å². The molecular weight excluding hydrogens is 138 g/mol.